The van der Waals surface area contributed by atoms with Crippen LogP contribution in [0.3, 0.4) is 0 Å². The summed E-state index contributed by atoms with van der Waals surface area (Å²) in [5.41, 5.74) is 1.45. The lowest BCUT2D eigenvalue weighted by atomic mass is 9.55. The molecule has 0 aromatic carbocycles. The fourth-order valence-corrected chi connectivity index (χ4v) is 4.37. The Morgan fingerprint density at radius 3 is 2.76 bits per heavy atom. The van der Waals surface area contributed by atoms with Gasteiger partial charge in [-0.05, 0) is 32.3 Å². The van der Waals surface area contributed by atoms with E-state index in [1.54, 1.807) is 0 Å². The van der Waals surface area contributed by atoms with Crippen molar-refractivity contribution in [2.45, 2.75) is 64.1 Å². The molecule has 0 aliphatic heterocycles. The van der Waals surface area contributed by atoms with Crippen LogP contribution >= 0.6 is 24.0 Å². The van der Waals surface area contributed by atoms with Crippen molar-refractivity contribution in [3.63, 3.8) is 0 Å². The summed E-state index contributed by atoms with van der Waals surface area (Å²) < 4.78 is 7.93. The van der Waals surface area contributed by atoms with Crippen LogP contribution in [0.25, 0.3) is 0 Å². The average Bonchev–Trinajstić information content (AvgIpc) is 3.02. The predicted molar refractivity (Wildman–Crippen MR) is 111 cm³/mol. The molecule has 2 aliphatic carbocycles. The molecule has 2 unspecified atom stereocenters. The standard InChI is InChI=1S/C18H31N5O.HI/c1-4-24-16-12-15(18(16)9-6-5-7-10-18)22-17(19-2)20-13-14-8-11-21-23(14)3;/h8,11,15-16H,4-7,9-10,12-13H2,1-3H3,(H2,19,20,22);1H. The first-order valence-electron chi connectivity index (χ1n) is 9.25. The number of hydrogen-bond acceptors (Lipinski definition) is 3. The summed E-state index contributed by atoms with van der Waals surface area (Å²) in [5, 5.41) is 11.3. The number of aromatic nitrogens is 2. The minimum absolute atomic E-state index is 0. The van der Waals surface area contributed by atoms with Gasteiger partial charge in [-0.3, -0.25) is 9.67 Å². The maximum Gasteiger partial charge on any atom is 0.191 e. The minimum atomic E-state index is 0. The van der Waals surface area contributed by atoms with Gasteiger partial charge in [0, 0.05) is 38.4 Å². The Balaban J connectivity index is 0.00000225. The van der Waals surface area contributed by atoms with Gasteiger partial charge in [-0.1, -0.05) is 19.3 Å². The zero-order chi connectivity index (χ0) is 17.0. The highest BCUT2D eigenvalue weighted by Gasteiger charge is 2.55. The summed E-state index contributed by atoms with van der Waals surface area (Å²) in [6, 6.07) is 2.49. The second kappa shape index (κ2) is 9.21. The molecule has 0 saturated heterocycles. The molecule has 2 atom stereocenters. The highest BCUT2D eigenvalue weighted by Crippen LogP contribution is 2.53. The average molecular weight is 461 g/mol. The Bertz CT molecular complexity index is 568. The van der Waals surface area contributed by atoms with Crippen molar-refractivity contribution in [2.24, 2.45) is 17.5 Å². The second-order valence-electron chi connectivity index (χ2n) is 7.04. The lowest BCUT2D eigenvalue weighted by molar-refractivity contribution is -0.145. The SMILES string of the molecule is CCOC1CC(NC(=NC)NCc2ccnn2C)C12CCCCC2.I. The molecule has 2 fully saturated rings. The van der Waals surface area contributed by atoms with Crippen LogP contribution in [-0.2, 0) is 18.3 Å². The first kappa shape index (κ1) is 20.5. The van der Waals surface area contributed by atoms with E-state index in [9.17, 15) is 0 Å². The zero-order valence-electron chi connectivity index (χ0n) is 15.6. The molecule has 1 aromatic rings. The number of aryl methyl sites for hydroxylation is 1. The number of rotatable bonds is 5. The van der Waals surface area contributed by atoms with Gasteiger partial charge in [0.05, 0.1) is 18.3 Å². The number of nitrogens with zero attached hydrogens (tertiary/aromatic N) is 3. The summed E-state index contributed by atoms with van der Waals surface area (Å²) in [4.78, 5) is 4.41. The third-order valence-corrected chi connectivity index (χ3v) is 5.83. The van der Waals surface area contributed by atoms with E-state index in [4.69, 9.17) is 4.74 Å². The third kappa shape index (κ3) is 4.30. The molecule has 0 amide bonds. The highest BCUT2D eigenvalue weighted by atomic mass is 127. The molecular formula is C18H32IN5O. The molecule has 0 radical (unpaired) electrons. The summed E-state index contributed by atoms with van der Waals surface area (Å²) in [7, 11) is 3.80. The van der Waals surface area contributed by atoms with Gasteiger partial charge in [-0.15, -0.1) is 24.0 Å². The topological polar surface area (TPSA) is 63.5 Å². The number of aliphatic imine (C=N–C) groups is 1. The van der Waals surface area contributed by atoms with E-state index in [0.29, 0.717) is 17.6 Å². The van der Waals surface area contributed by atoms with Gasteiger partial charge >= 0.3 is 0 Å². The van der Waals surface area contributed by atoms with Crippen molar-refractivity contribution in [1.82, 2.24) is 20.4 Å². The van der Waals surface area contributed by atoms with Gasteiger partial charge in [-0.2, -0.15) is 5.10 Å². The van der Waals surface area contributed by atoms with Crippen molar-refractivity contribution >= 4 is 29.9 Å². The number of guanidine groups is 1. The van der Waals surface area contributed by atoms with Crippen molar-refractivity contribution in [3.8, 4) is 0 Å². The normalized spacial score (nSPS) is 25.2. The maximum absolute atomic E-state index is 6.04. The largest absolute Gasteiger partial charge is 0.378 e. The Labute approximate surface area is 168 Å². The molecule has 142 valence electrons. The zero-order valence-corrected chi connectivity index (χ0v) is 18.0. The van der Waals surface area contributed by atoms with Gasteiger partial charge < -0.3 is 15.4 Å². The van der Waals surface area contributed by atoms with Gasteiger partial charge in [-0.25, -0.2) is 0 Å². The third-order valence-electron chi connectivity index (χ3n) is 5.83. The lowest BCUT2D eigenvalue weighted by Gasteiger charge is -2.57. The van der Waals surface area contributed by atoms with Gasteiger partial charge in [0.2, 0.25) is 0 Å². The van der Waals surface area contributed by atoms with Crippen molar-refractivity contribution in [2.75, 3.05) is 13.7 Å². The van der Waals surface area contributed by atoms with Gasteiger partial charge in [0.1, 0.15) is 0 Å². The summed E-state index contributed by atoms with van der Waals surface area (Å²) in [6.07, 6.45) is 9.87. The molecule has 3 rings (SSSR count). The van der Waals surface area contributed by atoms with Crippen LogP contribution in [0, 0.1) is 5.41 Å². The van der Waals surface area contributed by atoms with Crippen molar-refractivity contribution in [1.29, 1.82) is 0 Å². The van der Waals surface area contributed by atoms with Crippen LogP contribution in [0.1, 0.15) is 51.1 Å². The molecule has 6 nitrogen and oxygen atoms in total. The Morgan fingerprint density at radius 1 is 1.40 bits per heavy atom. The molecule has 25 heavy (non-hydrogen) atoms. The molecule has 1 spiro atoms. The fourth-order valence-electron chi connectivity index (χ4n) is 4.37. The number of ether oxygens (including phenoxy) is 1. The second-order valence-corrected chi connectivity index (χ2v) is 7.04. The molecule has 0 bridgehead atoms. The number of hydrogen-bond donors (Lipinski definition) is 2. The maximum atomic E-state index is 6.04. The molecule has 1 aromatic heterocycles. The molecule has 1 heterocycles. The first-order valence-corrected chi connectivity index (χ1v) is 9.25. The molecule has 2 saturated carbocycles. The Morgan fingerprint density at radius 2 is 2.16 bits per heavy atom. The smallest absolute Gasteiger partial charge is 0.191 e. The van der Waals surface area contributed by atoms with Crippen LogP contribution in [0.15, 0.2) is 17.3 Å². The van der Waals surface area contributed by atoms with Crippen molar-refractivity contribution < 1.29 is 4.74 Å². The minimum Gasteiger partial charge on any atom is -0.378 e. The monoisotopic (exact) mass is 461 g/mol. The van der Waals surface area contributed by atoms with Crippen LogP contribution in [0.5, 0.6) is 0 Å². The van der Waals surface area contributed by atoms with Gasteiger partial charge in [0.15, 0.2) is 5.96 Å². The summed E-state index contributed by atoms with van der Waals surface area (Å²) >= 11 is 0. The molecule has 7 heteroatoms. The molecule has 2 N–H and O–H groups in total. The van der Waals surface area contributed by atoms with Gasteiger partial charge in [0.25, 0.3) is 0 Å². The fraction of sp³-hybridized carbons (Fsp3) is 0.778. The Hall–Kier alpha value is -0.830. The molecular weight excluding hydrogens is 429 g/mol. The van der Waals surface area contributed by atoms with E-state index >= 15 is 0 Å². The quantitative estimate of drug-likeness (QED) is 0.402. The van der Waals surface area contributed by atoms with E-state index in [-0.39, 0.29) is 24.0 Å². The summed E-state index contributed by atoms with van der Waals surface area (Å²) in [5.74, 6) is 0.876. The van der Waals surface area contributed by atoms with Crippen LogP contribution in [0.4, 0.5) is 0 Å². The van der Waals surface area contributed by atoms with E-state index in [2.05, 4.69) is 27.6 Å². The lowest BCUT2D eigenvalue weighted by Crippen LogP contribution is -2.66. The highest BCUT2D eigenvalue weighted by molar-refractivity contribution is 14.0. The number of nitrogens with one attached hydrogen (secondary N) is 2. The summed E-state index contributed by atoms with van der Waals surface area (Å²) in [6.45, 7) is 3.64. The van der Waals surface area contributed by atoms with Crippen LogP contribution in [0.2, 0.25) is 0 Å². The molecule has 2 aliphatic rings. The van der Waals surface area contributed by atoms with Crippen LogP contribution in [-0.4, -0.2) is 41.5 Å². The van der Waals surface area contributed by atoms with E-state index in [1.807, 2.05) is 31.0 Å². The van der Waals surface area contributed by atoms with E-state index in [0.717, 1.165) is 31.2 Å². The number of halogens is 1. The predicted octanol–water partition coefficient (Wildman–Crippen LogP) is 2.83. The van der Waals surface area contributed by atoms with Crippen molar-refractivity contribution in [3.05, 3.63) is 18.0 Å². The van der Waals surface area contributed by atoms with E-state index < -0.39 is 0 Å². The Kier molecular flexibility index (Phi) is 7.54. The first-order chi connectivity index (χ1) is 11.7. The van der Waals surface area contributed by atoms with Crippen LogP contribution < -0.4 is 10.6 Å². The van der Waals surface area contributed by atoms with E-state index in [1.165, 1.54) is 32.1 Å².